The van der Waals surface area contributed by atoms with Gasteiger partial charge >= 0.3 is 0 Å². The first-order valence-corrected chi connectivity index (χ1v) is 7.98. The molecule has 0 bridgehead atoms. The van der Waals surface area contributed by atoms with Crippen molar-refractivity contribution in [1.82, 2.24) is 10.2 Å². The van der Waals surface area contributed by atoms with Gasteiger partial charge in [-0.25, -0.2) is 0 Å². The molecule has 0 saturated carbocycles. The van der Waals surface area contributed by atoms with Crippen molar-refractivity contribution in [3.05, 3.63) is 24.2 Å². The molecule has 0 spiro atoms. The highest BCUT2D eigenvalue weighted by Crippen LogP contribution is 2.20. The van der Waals surface area contributed by atoms with Crippen LogP contribution in [0.3, 0.4) is 0 Å². The number of rotatable bonds is 4. The largest absolute Gasteiger partial charge is 0.469 e. The van der Waals surface area contributed by atoms with E-state index in [2.05, 4.69) is 33.9 Å². The molecule has 0 radical (unpaired) electrons. The summed E-state index contributed by atoms with van der Waals surface area (Å²) in [7, 11) is 1.86. The molecule has 0 aromatic carbocycles. The van der Waals surface area contributed by atoms with Crippen molar-refractivity contribution < 1.29 is 4.42 Å². The fraction of sp³-hybridized carbons (Fsp3) is 0.643. The summed E-state index contributed by atoms with van der Waals surface area (Å²) in [5, 5.41) is 4.16. The van der Waals surface area contributed by atoms with Crippen molar-refractivity contribution in [2.75, 3.05) is 32.4 Å². The lowest BCUT2D eigenvalue weighted by Gasteiger charge is -2.34. The smallest absolute Gasteiger partial charge is 0.193 e. The molecule has 2 heterocycles. The first-order chi connectivity index (χ1) is 9.33. The van der Waals surface area contributed by atoms with Gasteiger partial charge in [0.2, 0.25) is 0 Å². The standard InChI is InChI=1S/C14H23N3OS/c1-3-13-11-17(8-10-19-13)14(15-2)16-7-6-12-5-4-9-18-12/h4-5,9,13H,3,6-8,10-11H2,1-2H3,(H,15,16). The van der Waals surface area contributed by atoms with Crippen molar-refractivity contribution in [2.24, 2.45) is 4.99 Å². The highest BCUT2D eigenvalue weighted by atomic mass is 32.2. The van der Waals surface area contributed by atoms with Crippen molar-refractivity contribution in [3.8, 4) is 0 Å². The maximum Gasteiger partial charge on any atom is 0.193 e. The number of nitrogens with zero attached hydrogens (tertiary/aromatic N) is 2. The average molecular weight is 281 g/mol. The molecular weight excluding hydrogens is 258 g/mol. The van der Waals surface area contributed by atoms with Crippen LogP contribution in [0.15, 0.2) is 27.8 Å². The minimum absolute atomic E-state index is 0.734. The van der Waals surface area contributed by atoms with Crippen LogP contribution < -0.4 is 5.32 Å². The number of thioether (sulfide) groups is 1. The van der Waals surface area contributed by atoms with Crippen LogP contribution in [0.4, 0.5) is 0 Å². The zero-order chi connectivity index (χ0) is 13.5. The van der Waals surface area contributed by atoms with Crippen LogP contribution in [0.5, 0.6) is 0 Å². The van der Waals surface area contributed by atoms with Crippen molar-refractivity contribution in [1.29, 1.82) is 0 Å². The Labute approximate surface area is 119 Å². The van der Waals surface area contributed by atoms with Gasteiger partial charge in [0.25, 0.3) is 0 Å². The highest BCUT2D eigenvalue weighted by molar-refractivity contribution is 8.00. The quantitative estimate of drug-likeness (QED) is 0.679. The van der Waals surface area contributed by atoms with E-state index in [4.69, 9.17) is 4.42 Å². The molecule has 1 N–H and O–H groups in total. The second-order valence-electron chi connectivity index (χ2n) is 4.65. The fourth-order valence-electron chi connectivity index (χ4n) is 2.24. The van der Waals surface area contributed by atoms with Crippen LogP contribution in [-0.4, -0.2) is 48.5 Å². The van der Waals surface area contributed by atoms with Gasteiger partial charge in [-0.05, 0) is 18.6 Å². The molecule has 4 nitrogen and oxygen atoms in total. The number of hydrogen-bond acceptors (Lipinski definition) is 3. The van der Waals surface area contributed by atoms with Gasteiger partial charge in [-0.15, -0.1) is 0 Å². The van der Waals surface area contributed by atoms with Crippen LogP contribution in [0.25, 0.3) is 0 Å². The van der Waals surface area contributed by atoms with E-state index in [1.165, 1.54) is 12.2 Å². The Bertz CT molecular complexity index is 391. The van der Waals surface area contributed by atoms with E-state index in [9.17, 15) is 0 Å². The Kier molecular flexibility index (Phi) is 5.63. The summed E-state index contributed by atoms with van der Waals surface area (Å²) < 4.78 is 5.33. The molecule has 19 heavy (non-hydrogen) atoms. The number of nitrogens with one attached hydrogen (secondary N) is 1. The lowest BCUT2D eigenvalue weighted by atomic mass is 10.3. The third kappa shape index (κ3) is 4.20. The molecule has 1 aromatic rings. The minimum atomic E-state index is 0.734. The molecule has 1 aliphatic rings. The molecule has 1 aliphatic heterocycles. The van der Waals surface area contributed by atoms with E-state index >= 15 is 0 Å². The van der Waals surface area contributed by atoms with Crippen LogP contribution in [-0.2, 0) is 6.42 Å². The Balaban J connectivity index is 1.79. The van der Waals surface area contributed by atoms with Gasteiger partial charge in [0.1, 0.15) is 5.76 Å². The van der Waals surface area contributed by atoms with Crippen molar-refractivity contribution in [3.63, 3.8) is 0 Å². The Morgan fingerprint density at radius 3 is 3.21 bits per heavy atom. The third-order valence-corrected chi connectivity index (χ3v) is 4.71. The van der Waals surface area contributed by atoms with Crippen molar-refractivity contribution in [2.45, 2.75) is 25.0 Å². The molecule has 2 rings (SSSR count). The topological polar surface area (TPSA) is 40.8 Å². The second kappa shape index (κ2) is 7.48. The molecule has 0 aliphatic carbocycles. The Morgan fingerprint density at radius 1 is 1.63 bits per heavy atom. The molecule has 5 heteroatoms. The summed E-state index contributed by atoms with van der Waals surface area (Å²) >= 11 is 2.08. The van der Waals surface area contributed by atoms with Crippen LogP contribution in [0.1, 0.15) is 19.1 Å². The van der Waals surface area contributed by atoms with Gasteiger partial charge in [0.15, 0.2) is 5.96 Å². The summed E-state index contributed by atoms with van der Waals surface area (Å²) in [5.41, 5.74) is 0. The molecular formula is C14H23N3OS. The van der Waals surface area contributed by atoms with Gasteiger partial charge in [-0.2, -0.15) is 11.8 Å². The maximum absolute atomic E-state index is 5.33. The van der Waals surface area contributed by atoms with Gasteiger partial charge in [0.05, 0.1) is 6.26 Å². The average Bonchev–Trinajstić information content (AvgIpc) is 2.97. The van der Waals surface area contributed by atoms with Crippen molar-refractivity contribution >= 4 is 17.7 Å². The van der Waals surface area contributed by atoms with Gasteiger partial charge in [-0.3, -0.25) is 4.99 Å². The second-order valence-corrected chi connectivity index (χ2v) is 6.06. The molecule has 1 fully saturated rings. The number of guanidine groups is 1. The number of aliphatic imine (C=N–C) groups is 1. The predicted molar refractivity (Wildman–Crippen MR) is 81.9 cm³/mol. The molecule has 1 atom stereocenters. The van der Waals surface area contributed by atoms with Gasteiger partial charge in [-0.1, -0.05) is 6.92 Å². The third-order valence-electron chi connectivity index (χ3n) is 3.34. The van der Waals surface area contributed by atoms with Gasteiger partial charge in [0, 0.05) is 44.1 Å². The lowest BCUT2D eigenvalue weighted by molar-refractivity contribution is 0.407. The zero-order valence-corrected chi connectivity index (χ0v) is 12.6. The van der Waals surface area contributed by atoms with E-state index in [1.807, 2.05) is 19.2 Å². The zero-order valence-electron chi connectivity index (χ0n) is 11.8. The van der Waals surface area contributed by atoms with Gasteiger partial charge < -0.3 is 14.6 Å². The number of furan rings is 1. The first-order valence-electron chi connectivity index (χ1n) is 6.93. The summed E-state index contributed by atoms with van der Waals surface area (Å²) in [4.78, 5) is 6.76. The monoisotopic (exact) mass is 281 g/mol. The van der Waals surface area contributed by atoms with E-state index in [0.29, 0.717) is 0 Å². The van der Waals surface area contributed by atoms with E-state index in [-0.39, 0.29) is 0 Å². The van der Waals surface area contributed by atoms with Crippen LogP contribution in [0.2, 0.25) is 0 Å². The predicted octanol–water partition coefficient (Wildman–Crippen LogP) is 2.22. The first kappa shape index (κ1) is 14.3. The van der Waals surface area contributed by atoms with E-state index in [1.54, 1.807) is 6.26 Å². The highest BCUT2D eigenvalue weighted by Gasteiger charge is 2.21. The summed E-state index contributed by atoms with van der Waals surface area (Å²) in [6.45, 7) is 5.30. The molecule has 0 amide bonds. The van der Waals surface area contributed by atoms with Crippen LogP contribution in [0, 0.1) is 0 Å². The molecule has 1 saturated heterocycles. The SMILES string of the molecule is CCC1CN(C(=NC)NCCc2ccco2)CCS1. The molecule has 106 valence electrons. The summed E-state index contributed by atoms with van der Waals surface area (Å²) in [6.07, 6.45) is 3.84. The number of hydrogen-bond donors (Lipinski definition) is 1. The normalized spacial score (nSPS) is 20.6. The fourth-order valence-corrected chi connectivity index (χ4v) is 3.42. The lowest BCUT2D eigenvalue weighted by Crippen LogP contribution is -2.48. The van der Waals surface area contributed by atoms with Crippen LogP contribution >= 0.6 is 11.8 Å². The Hall–Kier alpha value is -1.10. The minimum Gasteiger partial charge on any atom is -0.469 e. The molecule has 1 unspecified atom stereocenters. The Morgan fingerprint density at radius 2 is 2.53 bits per heavy atom. The maximum atomic E-state index is 5.33. The van der Waals surface area contributed by atoms with E-state index < -0.39 is 0 Å². The van der Waals surface area contributed by atoms with E-state index in [0.717, 1.165) is 43.0 Å². The summed E-state index contributed by atoms with van der Waals surface area (Å²) in [5.74, 6) is 3.23. The molecule has 1 aromatic heterocycles. The summed E-state index contributed by atoms with van der Waals surface area (Å²) in [6, 6.07) is 3.94.